The number of aromatic nitrogens is 1. The fourth-order valence-corrected chi connectivity index (χ4v) is 5.23. The summed E-state index contributed by atoms with van der Waals surface area (Å²) in [5, 5.41) is 10.9. The molecule has 2 atom stereocenters. The van der Waals surface area contributed by atoms with E-state index in [0.717, 1.165) is 61.0 Å². The molecule has 4 rings (SSSR count). The Morgan fingerprint density at radius 1 is 1.12 bits per heavy atom. The molecule has 1 aromatic carbocycles. The van der Waals surface area contributed by atoms with Crippen molar-refractivity contribution in [3.63, 3.8) is 0 Å². The van der Waals surface area contributed by atoms with E-state index in [4.69, 9.17) is 9.26 Å². The molecule has 2 aromatic rings. The average molecular weight is 440 g/mol. The Hall–Kier alpha value is -2.34. The van der Waals surface area contributed by atoms with Gasteiger partial charge >= 0.3 is 0 Å². The van der Waals surface area contributed by atoms with Crippen LogP contribution in [0.4, 0.5) is 0 Å². The van der Waals surface area contributed by atoms with Crippen molar-refractivity contribution >= 4 is 5.91 Å². The van der Waals surface area contributed by atoms with E-state index in [1.807, 2.05) is 24.3 Å². The monoisotopic (exact) mass is 439 g/mol. The van der Waals surface area contributed by atoms with Crippen LogP contribution >= 0.6 is 0 Å². The maximum absolute atomic E-state index is 12.6. The van der Waals surface area contributed by atoms with Gasteiger partial charge in [-0.1, -0.05) is 49.4 Å². The molecule has 1 saturated carbocycles. The second-order valence-electron chi connectivity index (χ2n) is 9.54. The molecule has 32 heavy (non-hydrogen) atoms. The lowest BCUT2D eigenvalue weighted by Gasteiger charge is -2.31. The van der Waals surface area contributed by atoms with Crippen LogP contribution in [0.1, 0.15) is 62.0 Å². The number of hydrogen-bond donors (Lipinski definition) is 2. The molecule has 6 heteroatoms. The quantitative estimate of drug-likeness (QED) is 0.610. The van der Waals surface area contributed by atoms with Gasteiger partial charge in [-0.2, -0.15) is 0 Å². The van der Waals surface area contributed by atoms with Crippen molar-refractivity contribution in [2.75, 3.05) is 20.2 Å². The van der Waals surface area contributed by atoms with E-state index >= 15 is 0 Å². The predicted molar refractivity (Wildman–Crippen MR) is 124 cm³/mol. The van der Waals surface area contributed by atoms with Crippen molar-refractivity contribution in [3.8, 4) is 5.75 Å². The normalized spacial score (nSPS) is 21.9. The summed E-state index contributed by atoms with van der Waals surface area (Å²) in [5.41, 5.74) is 2.11. The summed E-state index contributed by atoms with van der Waals surface area (Å²) in [6.07, 6.45) is 10.2. The van der Waals surface area contributed by atoms with Gasteiger partial charge < -0.3 is 19.9 Å². The largest absolute Gasteiger partial charge is 0.497 e. The summed E-state index contributed by atoms with van der Waals surface area (Å²) in [6, 6.07) is 9.98. The fraction of sp³-hybridized carbons (Fsp3) is 0.615. The smallest absolute Gasteiger partial charge is 0.220 e. The second kappa shape index (κ2) is 11.5. The van der Waals surface area contributed by atoms with Crippen molar-refractivity contribution in [2.24, 2.45) is 17.8 Å². The summed E-state index contributed by atoms with van der Waals surface area (Å²) < 4.78 is 10.9. The molecule has 2 N–H and O–H groups in total. The molecule has 2 aliphatic rings. The lowest BCUT2D eigenvalue weighted by atomic mass is 9.81. The van der Waals surface area contributed by atoms with Gasteiger partial charge in [0.05, 0.1) is 12.8 Å². The number of carbonyl (C=O) groups excluding carboxylic acids is 1. The highest BCUT2D eigenvalue weighted by Crippen LogP contribution is 2.29. The highest BCUT2D eigenvalue weighted by molar-refractivity contribution is 5.76. The number of nitrogens with zero attached hydrogens (tertiary/aromatic N) is 1. The van der Waals surface area contributed by atoms with Gasteiger partial charge in [0.1, 0.15) is 11.5 Å². The van der Waals surface area contributed by atoms with Crippen LogP contribution in [0.5, 0.6) is 5.75 Å². The molecule has 1 amide bonds. The van der Waals surface area contributed by atoms with Crippen LogP contribution in [0.2, 0.25) is 0 Å². The maximum Gasteiger partial charge on any atom is 0.220 e. The van der Waals surface area contributed by atoms with Crippen LogP contribution in [0, 0.1) is 17.8 Å². The number of rotatable bonds is 9. The summed E-state index contributed by atoms with van der Waals surface area (Å²) in [7, 11) is 1.66. The molecule has 174 valence electrons. The lowest BCUT2D eigenvalue weighted by molar-refractivity contribution is -0.122. The number of hydrogen-bond acceptors (Lipinski definition) is 5. The van der Waals surface area contributed by atoms with Gasteiger partial charge in [-0.3, -0.25) is 4.79 Å². The van der Waals surface area contributed by atoms with Crippen LogP contribution in [0.25, 0.3) is 0 Å². The molecule has 2 heterocycles. The van der Waals surface area contributed by atoms with Crippen molar-refractivity contribution < 1.29 is 14.1 Å². The van der Waals surface area contributed by atoms with E-state index in [1.165, 1.54) is 32.1 Å². The highest BCUT2D eigenvalue weighted by atomic mass is 16.5. The van der Waals surface area contributed by atoms with Gasteiger partial charge in [0.2, 0.25) is 5.91 Å². The third-order valence-corrected chi connectivity index (χ3v) is 7.16. The zero-order valence-electron chi connectivity index (χ0n) is 19.3. The van der Waals surface area contributed by atoms with Gasteiger partial charge in [-0.15, -0.1) is 0 Å². The number of ether oxygens (including phenoxy) is 1. The molecule has 0 bridgehead atoms. The molecule has 2 fully saturated rings. The van der Waals surface area contributed by atoms with Gasteiger partial charge in [-0.25, -0.2) is 0 Å². The van der Waals surface area contributed by atoms with Crippen LogP contribution in [0.15, 0.2) is 34.9 Å². The number of benzene rings is 1. The molecule has 2 unspecified atom stereocenters. The Labute approximate surface area is 191 Å². The minimum atomic E-state index is 0.121. The topological polar surface area (TPSA) is 76.4 Å². The molecule has 1 aliphatic heterocycles. The van der Waals surface area contributed by atoms with E-state index in [0.29, 0.717) is 24.8 Å². The van der Waals surface area contributed by atoms with E-state index in [9.17, 15) is 4.79 Å². The first-order chi connectivity index (χ1) is 15.7. The molecular weight excluding hydrogens is 402 g/mol. The zero-order valence-corrected chi connectivity index (χ0v) is 19.3. The molecule has 1 aromatic heterocycles. The predicted octanol–water partition coefficient (Wildman–Crippen LogP) is 4.28. The Bertz CT molecular complexity index is 842. The second-order valence-corrected chi connectivity index (χ2v) is 9.54. The molecular formula is C26H37N3O3. The maximum atomic E-state index is 12.6. The Balaban J connectivity index is 1.26. The van der Waals surface area contributed by atoms with Gasteiger partial charge in [-0.05, 0) is 61.4 Å². The molecule has 0 spiro atoms. The van der Waals surface area contributed by atoms with Gasteiger partial charge in [0, 0.05) is 25.5 Å². The molecule has 0 radical (unpaired) electrons. The minimum Gasteiger partial charge on any atom is -0.497 e. The number of methoxy groups -OCH3 is 1. The average Bonchev–Trinajstić information content (AvgIpc) is 3.26. The van der Waals surface area contributed by atoms with Crippen molar-refractivity contribution in [1.82, 2.24) is 15.8 Å². The van der Waals surface area contributed by atoms with E-state index < -0.39 is 0 Å². The Morgan fingerprint density at radius 2 is 1.94 bits per heavy atom. The van der Waals surface area contributed by atoms with Gasteiger partial charge in [0.15, 0.2) is 0 Å². The summed E-state index contributed by atoms with van der Waals surface area (Å²) in [4.78, 5) is 12.6. The minimum absolute atomic E-state index is 0.121. The Morgan fingerprint density at radius 3 is 2.72 bits per heavy atom. The van der Waals surface area contributed by atoms with Crippen LogP contribution in [0.3, 0.4) is 0 Å². The number of amides is 1. The SMILES string of the molecule is COc1ccc(CNC(=O)CC2CCNCC2Cc2cc(CC3CCCCC3)on2)cc1. The van der Waals surface area contributed by atoms with Crippen LogP contribution in [-0.2, 0) is 24.2 Å². The summed E-state index contributed by atoms with van der Waals surface area (Å²) in [6.45, 7) is 2.45. The van der Waals surface area contributed by atoms with E-state index in [-0.39, 0.29) is 5.91 Å². The first-order valence-electron chi connectivity index (χ1n) is 12.2. The highest BCUT2D eigenvalue weighted by Gasteiger charge is 2.28. The third-order valence-electron chi connectivity index (χ3n) is 7.16. The first-order valence-corrected chi connectivity index (χ1v) is 12.2. The van der Waals surface area contributed by atoms with E-state index in [2.05, 4.69) is 21.9 Å². The van der Waals surface area contributed by atoms with Gasteiger partial charge in [0.25, 0.3) is 0 Å². The van der Waals surface area contributed by atoms with Crippen LogP contribution < -0.4 is 15.4 Å². The van der Waals surface area contributed by atoms with Crippen molar-refractivity contribution in [1.29, 1.82) is 0 Å². The number of nitrogens with one attached hydrogen (secondary N) is 2. The molecule has 1 saturated heterocycles. The molecule has 1 aliphatic carbocycles. The zero-order chi connectivity index (χ0) is 22.2. The fourth-order valence-electron chi connectivity index (χ4n) is 5.23. The number of piperidine rings is 1. The lowest BCUT2D eigenvalue weighted by Crippen LogP contribution is -2.40. The van der Waals surface area contributed by atoms with E-state index in [1.54, 1.807) is 7.11 Å². The summed E-state index contributed by atoms with van der Waals surface area (Å²) >= 11 is 0. The number of carbonyl (C=O) groups is 1. The van der Waals surface area contributed by atoms with Crippen molar-refractivity contribution in [2.45, 2.75) is 64.3 Å². The first kappa shape index (κ1) is 22.8. The van der Waals surface area contributed by atoms with Crippen LogP contribution in [-0.4, -0.2) is 31.3 Å². The standard InChI is InChI=1S/C26H37N3O3/c1-31-24-9-7-20(8-10-24)17-28-26(30)15-21-11-12-27-18-22(21)14-23-16-25(32-29-23)13-19-5-3-2-4-6-19/h7-10,16,19,21-22,27H,2-6,11-15,17-18H2,1H3,(H,28,30). The molecule has 6 nitrogen and oxygen atoms in total. The third kappa shape index (κ3) is 6.58. The Kier molecular flexibility index (Phi) is 8.21. The van der Waals surface area contributed by atoms with Crippen molar-refractivity contribution in [3.05, 3.63) is 47.3 Å². The summed E-state index contributed by atoms with van der Waals surface area (Å²) in [5.74, 6) is 3.50.